The van der Waals surface area contributed by atoms with Gasteiger partial charge >= 0.3 is 0 Å². The molecule has 0 fully saturated rings. The number of halogens is 4. The number of hydrogen-bond donors (Lipinski definition) is 0. The molecule has 1 heterocycles. The lowest BCUT2D eigenvalue weighted by Gasteiger charge is -2.03. The largest absolute Gasteiger partial charge is 0.266 e. The van der Waals surface area contributed by atoms with E-state index in [9.17, 15) is 8.78 Å². The number of pyridine rings is 1. The summed E-state index contributed by atoms with van der Waals surface area (Å²) >= 11 is 7.16. The van der Waals surface area contributed by atoms with E-state index in [0.717, 1.165) is 6.07 Å². The highest BCUT2D eigenvalue weighted by atomic mass is 127. The first-order valence-electron chi connectivity index (χ1n) is 3.10. The van der Waals surface area contributed by atoms with E-state index < -0.39 is 6.43 Å². The zero-order valence-electron chi connectivity index (χ0n) is 6.06. The molecule has 0 amide bonds. The van der Waals surface area contributed by atoms with Crippen LogP contribution in [0.5, 0.6) is 0 Å². The highest BCUT2D eigenvalue weighted by Crippen LogP contribution is 2.27. The second-order valence-corrected chi connectivity index (χ2v) is 3.54. The summed E-state index contributed by atoms with van der Waals surface area (Å²) < 4.78 is 24.6. The Labute approximate surface area is 91.7 Å². The molecule has 0 saturated heterocycles. The SMILES string of the molecule is N#Cc1nc(I)c(C(F)F)cc1Cl. The third-order valence-electron chi connectivity index (χ3n) is 1.30. The first-order chi connectivity index (χ1) is 6.06. The summed E-state index contributed by atoms with van der Waals surface area (Å²) in [5.41, 5.74) is -0.278. The maximum atomic E-state index is 12.3. The van der Waals surface area contributed by atoms with E-state index >= 15 is 0 Å². The fourth-order valence-corrected chi connectivity index (χ4v) is 1.55. The summed E-state index contributed by atoms with van der Waals surface area (Å²) in [7, 11) is 0. The van der Waals surface area contributed by atoms with E-state index in [4.69, 9.17) is 16.9 Å². The van der Waals surface area contributed by atoms with Crippen molar-refractivity contribution in [2.45, 2.75) is 6.43 Å². The van der Waals surface area contributed by atoms with Crippen molar-refractivity contribution in [3.05, 3.63) is 26.0 Å². The van der Waals surface area contributed by atoms with Crippen LogP contribution in [-0.2, 0) is 0 Å². The minimum Gasteiger partial charge on any atom is -0.229 e. The fraction of sp³-hybridized carbons (Fsp3) is 0.143. The van der Waals surface area contributed by atoms with Gasteiger partial charge in [-0.2, -0.15) is 5.26 Å². The molecule has 0 atom stereocenters. The Bertz CT molecular complexity index is 375. The van der Waals surface area contributed by atoms with Crippen LogP contribution in [0.4, 0.5) is 8.78 Å². The summed E-state index contributed by atoms with van der Waals surface area (Å²) in [6.45, 7) is 0. The monoisotopic (exact) mass is 314 g/mol. The predicted octanol–water partition coefficient (Wildman–Crippen LogP) is 3.15. The lowest BCUT2D eigenvalue weighted by atomic mass is 10.2. The second kappa shape index (κ2) is 4.15. The zero-order chi connectivity index (χ0) is 10.0. The number of alkyl halides is 2. The quantitative estimate of drug-likeness (QED) is 0.590. The Morgan fingerprint density at radius 2 is 2.23 bits per heavy atom. The van der Waals surface area contributed by atoms with Crippen molar-refractivity contribution in [2.75, 3.05) is 0 Å². The Morgan fingerprint density at radius 3 is 2.69 bits per heavy atom. The van der Waals surface area contributed by atoms with Crippen LogP contribution in [-0.4, -0.2) is 4.98 Å². The molecule has 0 bridgehead atoms. The molecule has 13 heavy (non-hydrogen) atoms. The van der Waals surface area contributed by atoms with Gasteiger partial charge in [-0.05, 0) is 28.7 Å². The Balaban J connectivity index is 3.31. The molecular weight excluding hydrogens is 312 g/mol. The van der Waals surface area contributed by atoms with Crippen LogP contribution in [0.15, 0.2) is 6.07 Å². The van der Waals surface area contributed by atoms with E-state index in [1.165, 1.54) is 0 Å². The number of nitrogens with zero attached hydrogens (tertiary/aromatic N) is 2. The van der Waals surface area contributed by atoms with Crippen LogP contribution in [0, 0.1) is 15.0 Å². The van der Waals surface area contributed by atoms with Gasteiger partial charge in [0.25, 0.3) is 6.43 Å². The molecule has 0 aliphatic rings. The molecule has 6 heteroatoms. The maximum Gasteiger partial charge on any atom is 0.266 e. The molecule has 1 aromatic heterocycles. The Hall–Kier alpha value is -0.480. The van der Waals surface area contributed by atoms with Gasteiger partial charge < -0.3 is 0 Å². The zero-order valence-corrected chi connectivity index (χ0v) is 8.97. The van der Waals surface area contributed by atoms with Gasteiger partial charge in [0.05, 0.1) is 10.6 Å². The van der Waals surface area contributed by atoms with E-state index in [0.29, 0.717) is 0 Å². The smallest absolute Gasteiger partial charge is 0.229 e. The highest BCUT2D eigenvalue weighted by Gasteiger charge is 2.15. The van der Waals surface area contributed by atoms with Gasteiger partial charge in [0, 0.05) is 0 Å². The normalized spacial score (nSPS) is 10.2. The molecule has 0 aliphatic carbocycles. The number of hydrogen-bond acceptors (Lipinski definition) is 2. The van der Waals surface area contributed by atoms with Gasteiger partial charge in [0.15, 0.2) is 5.69 Å². The second-order valence-electron chi connectivity index (χ2n) is 2.11. The maximum absolute atomic E-state index is 12.3. The van der Waals surface area contributed by atoms with Gasteiger partial charge in [0.2, 0.25) is 0 Å². The van der Waals surface area contributed by atoms with Gasteiger partial charge in [-0.1, -0.05) is 11.6 Å². The molecule has 0 aromatic carbocycles. The third-order valence-corrected chi connectivity index (χ3v) is 2.45. The summed E-state index contributed by atoms with van der Waals surface area (Å²) in [5.74, 6) is 0. The number of nitriles is 1. The molecule has 0 unspecified atom stereocenters. The highest BCUT2D eigenvalue weighted by molar-refractivity contribution is 14.1. The lowest BCUT2D eigenvalue weighted by molar-refractivity contribution is 0.150. The molecule has 0 spiro atoms. The van der Waals surface area contributed by atoms with Crippen LogP contribution in [0.3, 0.4) is 0 Å². The average molecular weight is 314 g/mol. The van der Waals surface area contributed by atoms with Crippen LogP contribution >= 0.6 is 34.2 Å². The van der Waals surface area contributed by atoms with E-state index in [1.807, 2.05) is 0 Å². The lowest BCUT2D eigenvalue weighted by Crippen LogP contribution is -1.96. The average Bonchev–Trinajstić information content (AvgIpc) is 2.07. The fourth-order valence-electron chi connectivity index (χ4n) is 0.712. The van der Waals surface area contributed by atoms with Gasteiger partial charge in [-0.3, -0.25) is 0 Å². The van der Waals surface area contributed by atoms with Crippen LogP contribution in [0.2, 0.25) is 5.02 Å². The summed E-state index contributed by atoms with van der Waals surface area (Å²) in [6, 6.07) is 2.78. The molecule has 1 rings (SSSR count). The molecule has 0 N–H and O–H groups in total. The molecule has 0 radical (unpaired) electrons. The Morgan fingerprint density at radius 1 is 1.62 bits per heavy atom. The molecule has 68 valence electrons. The van der Waals surface area contributed by atoms with Crippen molar-refractivity contribution in [2.24, 2.45) is 0 Å². The van der Waals surface area contributed by atoms with Crippen LogP contribution < -0.4 is 0 Å². The van der Waals surface area contributed by atoms with Crippen LogP contribution in [0.25, 0.3) is 0 Å². The number of aromatic nitrogens is 1. The topological polar surface area (TPSA) is 36.7 Å². The predicted molar refractivity (Wildman–Crippen MR) is 51.6 cm³/mol. The first-order valence-corrected chi connectivity index (χ1v) is 4.56. The van der Waals surface area contributed by atoms with E-state index in [-0.39, 0.29) is 20.0 Å². The molecule has 2 nitrogen and oxygen atoms in total. The van der Waals surface area contributed by atoms with E-state index in [1.54, 1.807) is 28.7 Å². The van der Waals surface area contributed by atoms with Crippen molar-refractivity contribution in [3.8, 4) is 6.07 Å². The summed E-state index contributed by atoms with van der Waals surface area (Å²) in [5, 5.41) is 8.44. The van der Waals surface area contributed by atoms with Crippen molar-refractivity contribution in [3.63, 3.8) is 0 Å². The molecule has 1 aromatic rings. The first kappa shape index (κ1) is 10.6. The summed E-state index contributed by atoms with van der Waals surface area (Å²) in [4.78, 5) is 3.63. The third kappa shape index (κ3) is 2.25. The van der Waals surface area contributed by atoms with Gasteiger partial charge in [-0.15, -0.1) is 0 Å². The van der Waals surface area contributed by atoms with Gasteiger partial charge in [0.1, 0.15) is 9.77 Å². The van der Waals surface area contributed by atoms with Crippen molar-refractivity contribution >= 4 is 34.2 Å². The van der Waals surface area contributed by atoms with Crippen molar-refractivity contribution < 1.29 is 8.78 Å². The molecular formula is C7H2ClF2IN2. The van der Waals surface area contributed by atoms with Crippen LogP contribution in [0.1, 0.15) is 17.7 Å². The Kier molecular flexibility index (Phi) is 3.39. The standard InChI is InChI=1S/C7H2ClF2IN2/c8-4-1-3(6(9)10)7(11)13-5(4)2-12/h1,6H. The summed E-state index contributed by atoms with van der Waals surface area (Å²) in [6.07, 6.45) is -2.62. The van der Waals surface area contributed by atoms with E-state index in [2.05, 4.69) is 4.98 Å². The van der Waals surface area contributed by atoms with Crippen molar-refractivity contribution in [1.82, 2.24) is 4.98 Å². The minimum atomic E-state index is -2.62. The van der Waals surface area contributed by atoms with Gasteiger partial charge in [-0.25, -0.2) is 13.8 Å². The minimum absolute atomic E-state index is 0.0320. The molecule has 0 aliphatic heterocycles. The molecule has 0 saturated carbocycles. The number of rotatable bonds is 1. The van der Waals surface area contributed by atoms with Crippen molar-refractivity contribution in [1.29, 1.82) is 5.26 Å².